The molecule has 1 atom stereocenters. The Balaban J connectivity index is 2.60. The van der Waals surface area contributed by atoms with Crippen LogP contribution >= 0.6 is 0 Å². The maximum atomic E-state index is 10.5. The topological polar surface area (TPSA) is 79.2 Å². The summed E-state index contributed by atoms with van der Waals surface area (Å²) in [5, 5.41) is 12.7. The molecule has 80 valence electrons. The first-order valence-corrected chi connectivity index (χ1v) is 4.41. The molecule has 1 aliphatic heterocycles. The normalized spacial score (nSPS) is 25.9. The quantitative estimate of drug-likeness (QED) is 0.679. The van der Waals surface area contributed by atoms with E-state index < -0.39 is 17.7 Å². The summed E-state index contributed by atoms with van der Waals surface area (Å²) in [6, 6.07) is 0. The molecule has 0 aromatic rings. The van der Waals surface area contributed by atoms with Gasteiger partial charge in [0.15, 0.2) is 0 Å². The fraction of sp³-hybridized carbons (Fsp3) is 0.875. The fourth-order valence-corrected chi connectivity index (χ4v) is 1.63. The van der Waals surface area contributed by atoms with E-state index in [4.69, 9.17) is 9.84 Å². The van der Waals surface area contributed by atoms with Crippen molar-refractivity contribution < 1.29 is 14.6 Å². The highest BCUT2D eigenvalue weighted by Gasteiger charge is 2.34. The Morgan fingerprint density at radius 2 is 2.36 bits per heavy atom. The maximum Gasteiger partial charge on any atom is 0.306 e. The van der Waals surface area contributed by atoms with Crippen molar-refractivity contribution in [1.29, 1.82) is 0 Å². The van der Waals surface area contributed by atoms with Crippen LogP contribution in [0.5, 0.6) is 0 Å². The third-order valence-electron chi connectivity index (χ3n) is 1.98. The monoisotopic (exact) mass is 202 g/mol. The highest BCUT2D eigenvalue weighted by molar-refractivity contribution is 5.67. The van der Waals surface area contributed by atoms with Crippen LogP contribution in [-0.2, 0) is 9.53 Å². The molecule has 1 rings (SSSR count). The van der Waals surface area contributed by atoms with Crippen molar-refractivity contribution in [3.8, 4) is 0 Å². The molecule has 1 fully saturated rings. The van der Waals surface area contributed by atoms with E-state index in [0.717, 1.165) is 0 Å². The van der Waals surface area contributed by atoms with Crippen LogP contribution < -0.4 is 0 Å². The fourth-order valence-electron chi connectivity index (χ4n) is 1.63. The lowest BCUT2D eigenvalue weighted by Crippen LogP contribution is -2.51. The summed E-state index contributed by atoms with van der Waals surface area (Å²) in [6.07, 6.45) is -0.566. The molecule has 1 heterocycles. The molecule has 1 saturated heterocycles. The van der Waals surface area contributed by atoms with Gasteiger partial charge in [-0.05, 0) is 13.8 Å². The van der Waals surface area contributed by atoms with Gasteiger partial charge >= 0.3 is 5.97 Å². The van der Waals surface area contributed by atoms with E-state index >= 15 is 0 Å². The molecule has 1 N–H and O–H groups in total. The maximum absolute atomic E-state index is 10.5. The first kappa shape index (κ1) is 10.9. The van der Waals surface area contributed by atoms with Crippen molar-refractivity contribution in [3.63, 3.8) is 0 Å². The number of ether oxygens (including phenoxy) is 1. The molecular formula is C8H14N2O4. The van der Waals surface area contributed by atoms with Crippen LogP contribution in [0.15, 0.2) is 5.29 Å². The van der Waals surface area contributed by atoms with Gasteiger partial charge in [0.05, 0.1) is 36.5 Å². The molecule has 0 radical (unpaired) electrons. The predicted octanol–water partition coefficient (Wildman–Crippen LogP) is 0.622. The van der Waals surface area contributed by atoms with Crippen molar-refractivity contribution in [3.05, 3.63) is 4.91 Å². The molecule has 0 spiro atoms. The summed E-state index contributed by atoms with van der Waals surface area (Å²) in [6.45, 7) is 4.25. The van der Waals surface area contributed by atoms with Gasteiger partial charge in [-0.3, -0.25) is 9.80 Å². The number of hydrogen-bond acceptors (Lipinski definition) is 4. The molecule has 1 unspecified atom stereocenters. The number of rotatable bonds is 3. The smallest absolute Gasteiger partial charge is 0.306 e. The second kappa shape index (κ2) is 3.91. The molecule has 0 aromatic carbocycles. The number of carboxylic acids is 1. The van der Waals surface area contributed by atoms with Gasteiger partial charge in [-0.1, -0.05) is 0 Å². The average molecular weight is 202 g/mol. The minimum absolute atomic E-state index is 0.102. The molecule has 6 nitrogen and oxygen atoms in total. The zero-order valence-corrected chi connectivity index (χ0v) is 8.27. The molecule has 6 heteroatoms. The van der Waals surface area contributed by atoms with Gasteiger partial charge in [0.1, 0.15) is 0 Å². The number of morpholine rings is 1. The minimum Gasteiger partial charge on any atom is -0.481 e. The summed E-state index contributed by atoms with van der Waals surface area (Å²) < 4.78 is 5.50. The Morgan fingerprint density at radius 3 is 2.86 bits per heavy atom. The van der Waals surface area contributed by atoms with E-state index in [2.05, 4.69) is 5.29 Å². The van der Waals surface area contributed by atoms with Crippen molar-refractivity contribution in [2.75, 3.05) is 13.1 Å². The Kier molecular flexibility index (Phi) is 3.05. The van der Waals surface area contributed by atoms with Crippen LogP contribution in [0.1, 0.15) is 20.3 Å². The van der Waals surface area contributed by atoms with Crippen LogP contribution in [0.4, 0.5) is 0 Å². The molecule has 0 aliphatic carbocycles. The van der Waals surface area contributed by atoms with Crippen molar-refractivity contribution in [1.82, 2.24) is 5.01 Å². The molecular weight excluding hydrogens is 188 g/mol. The molecule has 0 amide bonds. The van der Waals surface area contributed by atoms with Gasteiger partial charge in [-0.25, -0.2) is 0 Å². The van der Waals surface area contributed by atoms with Crippen LogP contribution in [-0.4, -0.2) is 40.9 Å². The van der Waals surface area contributed by atoms with Crippen molar-refractivity contribution >= 4 is 5.97 Å². The molecule has 0 aromatic heterocycles. The van der Waals surface area contributed by atoms with Crippen LogP contribution in [0.2, 0.25) is 0 Å². The highest BCUT2D eigenvalue weighted by atomic mass is 16.5. The molecule has 0 saturated carbocycles. The highest BCUT2D eigenvalue weighted by Crippen LogP contribution is 2.22. The second-order valence-corrected chi connectivity index (χ2v) is 4.03. The molecule has 1 aliphatic rings. The van der Waals surface area contributed by atoms with Crippen molar-refractivity contribution in [2.45, 2.75) is 32.0 Å². The van der Waals surface area contributed by atoms with Gasteiger partial charge < -0.3 is 9.84 Å². The van der Waals surface area contributed by atoms with Gasteiger partial charge in [-0.2, -0.15) is 0 Å². The van der Waals surface area contributed by atoms with E-state index in [1.54, 1.807) is 13.8 Å². The Morgan fingerprint density at radius 1 is 1.71 bits per heavy atom. The Bertz CT molecular complexity index is 241. The summed E-state index contributed by atoms with van der Waals surface area (Å²) in [5.74, 6) is -0.932. The van der Waals surface area contributed by atoms with E-state index in [9.17, 15) is 9.70 Å². The van der Waals surface area contributed by atoms with Crippen LogP contribution in [0.25, 0.3) is 0 Å². The average Bonchev–Trinajstić information content (AvgIpc) is 1.99. The van der Waals surface area contributed by atoms with E-state index in [-0.39, 0.29) is 13.0 Å². The SMILES string of the molecule is CC1(C)CN(N=O)CC(CC(=O)O)O1. The summed E-state index contributed by atoms with van der Waals surface area (Å²) in [4.78, 5) is 20.8. The number of aliphatic carboxylic acids is 1. The van der Waals surface area contributed by atoms with Gasteiger partial charge in [0.25, 0.3) is 0 Å². The third kappa shape index (κ3) is 2.95. The standard InChI is InChI=1S/C8H14N2O4/c1-8(2)5-10(9-13)4-6(14-8)3-7(11)12/h6H,3-5H2,1-2H3,(H,11,12). The summed E-state index contributed by atoms with van der Waals surface area (Å²) in [5.41, 5.74) is -0.522. The summed E-state index contributed by atoms with van der Waals surface area (Å²) >= 11 is 0. The third-order valence-corrected chi connectivity index (χ3v) is 1.98. The second-order valence-electron chi connectivity index (χ2n) is 4.03. The predicted molar refractivity (Wildman–Crippen MR) is 48.6 cm³/mol. The largest absolute Gasteiger partial charge is 0.481 e. The van der Waals surface area contributed by atoms with Crippen LogP contribution in [0.3, 0.4) is 0 Å². The van der Waals surface area contributed by atoms with Gasteiger partial charge in [0.2, 0.25) is 0 Å². The lowest BCUT2D eigenvalue weighted by molar-refractivity contribution is -0.158. The zero-order chi connectivity index (χ0) is 10.8. The number of nitroso groups, excluding NO2 is 1. The van der Waals surface area contributed by atoms with Crippen molar-refractivity contribution in [2.24, 2.45) is 5.29 Å². The van der Waals surface area contributed by atoms with Gasteiger partial charge in [0, 0.05) is 0 Å². The minimum atomic E-state index is -0.932. The first-order chi connectivity index (χ1) is 6.43. The Labute approximate surface area is 81.8 Å². The molecule has 0 bridgehead atoms. The Hall–Kier alpha value is -1.17. The van der Waals surface area contributed by atoms with Crippen LogP contribution in [0, 0.1) is 4.91 Å². The van der Waals surface area contributed by atoms with E-state index in [1.165, 1.54) is 5.01 Å². The van der Waals surface area contributed by atoms with Gasteiger partial charge in [-0.15, -0.1) is 4.91 Å². The van der Waals surface area contributed by atoms with E-state index in [0.29, 0.717) is 6.54 Å². The zero-order valence-electron chi connectivity index (χ0n) is 8.27. The van der Waals surface area contributed by atoms with E-state index in [1.807, 2.05) is 0 Å². The first-order valence-electron chi connectivity index (χ1n) is 4.41. The number of carboxylic acid groups (broad SMARTS) is 1. The molecule has 14 heavy (non-hydrogen) atoms. The lowest BCUT2D eigenvalue weighted by atomic mass is 10.1. The number of hydrogen-bond donors (Lipinski definition) is 1. The number of nitrogens with zero attached hydrogens (tertiary/aromatic N) is 2. The summed E-state index contributed by atoms with van der Waals surface area (Å²) in [7, 11) is 0. The lowest BCUT2D eigenvalue weighted by Gasteiger charge is -2.39. The number of carbonyl (C=O) groups is 1.